The minimum Gasteiger partial charge on any atom is -0.465 e. The van der Waals surface area contributed by atoms with E-state index in [2.05, 4.69) is 24.9 Å². The van der Waals surface area contributed by atoms with E-state index >= 15 is 0 Å². The number of fused-ring (bicyclic) bond motifs is 2. The van der Waals surface area contributed by atoms with Crippen LogP contribution in [-0.4, -0.2) is 85.9 Å². The molecule has 5 heterocycles. The fourth-order valence-corrected chi connectivity index (χ4v) is 4.29. The van der Waals surface area contributed by atoms with Gasteiger partial charge in [-0.25, -0.2) is 28.1 Å². The first kappa shape index (κ1) is 19.6. The van der Waals surface area contributed by atoms with Crippen molar-refractivity contribution in [1.29, 1.82) is 0 Å². The molecule has 1 unspecified atom stereocenters. The van der Waals surface area contributed by atoms with Crippen molar-refractivity contribution < 1.29 is 18.7 Å². The molecule has 0 bridgehead atoms. The molecule has 11 heteroatoms. The molecular weight excluding hydrogens is 408 g/mol. The molecule has 0 aromatic carbocycles. The maximum atomic E-state index is 13.1. The third-order valence-electron chi connectivity index (χ3n) is 5.94. The molecule has 0 spiro atoms. The van der Waals surface area contributed by atoms with Gasteiger partial charge in [0.05, 0.1) is 11.9 Å². The molecule has 0 radical (unpaired) electrons. The van der Waals surface area contributed by atoms with Crippen molar-refractivity contribution >= 4 is 17.6 Å². The Morgan fingerprint density at radius 1 is 1.10 bits per heavy atom. The van der Waals surface area contributed by atoms with Gasteiger partial charge in [0, 0.05) is 57.1 Å². The van der Waals surface area contributed by atoms with Crippen LogP contribution in [0.15, 0.2) is 36.7 Å². The number of halogens is 2. The van der Waals surface area contributed by atoms with Gasteiger partial charge in [-0.1, -0.05) is 0 Å². The summed E-state index contributed by atoms with van der Waals surface area (Å²) in [5.41, 5.74) is 1.56. The molecule has 5 rings (SSSR count). The van der Waals surface area contributed by atoms with Crippen LogP contribution in [-0.2, 0) is 0 Å². The van der Waals surface area contributed by atoms with Gasteiger partial charge in [-0.05, 0) is 24.3 Å². The summed E-state index contributed by atoms with van der Waals surface area (Å²) < 4.78 is 27.6. The molecule has 2 aliphatic rings. The topological polar surface area (TPSA) is 90.1 Å². The van der Waals surface area contributed by atoms with Crippen LogP contribution >= 0.6 is 0 Å². The number of carboxylic acid groups (broad SMARTS) is 1. The molecule has 2 aliphatic heterocycles. The summed E-state index contributed by atoms with van der Waals surface area (Å²) in [6, 6.07) is 6.60. The smallest absolute Gasteiger partial charge is 0.407 e. The van der Waals surface area contributed by atoms with Crippen LogP contribution in [0.4, 0.5) is 19.4 Å². The number of piperazine rings is 2. The summed E-state index contributed by atoms with van der Waals surface area (Å²) in [6.07, 6.45) is -0.261. The van der Waals surface area contributed by atoms with Gasteiger partial charge in [0.25, 0.3) is 6.43 Å². The molecule has 1 N–H and O–H groups in total. The molecule has 1 amide bonds. The molecule has 0 aliphatic carbocycles. The Labute approximate surface area is 176 Å². The van der Waals surface area contributed by atoms with Crippen molar-refractivity contribution in [2.24, 2.45) is 0 Å². The molecular formula is C20H21F2N7O2. The van der Waals surface area contributed by atoms with Gasteiger partial charge < -0.3 is 14.9 Å². The predicted octanol–water partition coefficient (Wildman–Crippen LogP) is 2.21. The second-order valence-electron chi connectivity index (χ2n) is 7.74. The fraction of sp³-hybridized carbons (Fsp3) is 0.400. The SMILES string of the molecule is O=C(O)N1CCN2CCN(c3cc(-c4cnc5ccc(C(F)F)nn45)ccn3)CC2C1. The highest BCUT2D eigenvalue weighted by atomic mass is 19.3. The maximum Gasteiger partial charge on any atom is 0.407 e. The number of hydrogen-bond acceptors (Lipinski definition) is 6. The number of amides is 1. The standard InChI is InChI=1S/C20H21F2N7O2/c21-19(22)15-1-2-17-24-10-16(29(17)25-15)13-3-4-23-18(9-13)27-7-5-26-6-8-28(20(30)31)12-14(26)11-27/h1-4,9-10,14,19H,5-8,11-12H2,(H,30,31). The Balaban J connectivity index is 1.41. The average Bonchev–Trinajstić information content (AvgIpc) is 3.21. The van der Waals surface area contributed by atoms with E-state index in [1.54, 1.807) is 18.5 Å². The lowest BCUT2D eigenvalue weighted by atomic mass is 10.1. The van der Waals surface area contributed by atoms with Crippen molar-refractivity contribution in [3.63, 3.8) is 0 Å². The zero-order valence-corrected chi connectivity index (χ0v) is 16.6. The summed E-state index contributed by atoms with van der Waals surface area (Å²) in [5.74, 6) is 0.754. The molecule has 2 saturated heterocycles. The predicted molar refractivity (Wildman–Crippen MR) is 108 cm³/mol. The van der Waals surface area contributed by atoms with Crippen LogP contribution in [0.25, 0.3) is 16.9 Å². The van der Waals surface area contributed by atoms with Crippen LogP contribution in [0.5, 0.6) is 0 Å². The summed E-state index contributed by atoms with van der Waals surface area (Å²) in [4.78, 5) is 26.0. The molecule has 162 valence electrons. The minimum absolute atomic E-state index is 0.107. The molecule has 1 atom stereocenters. The van der Waals surface area contributed by atoms with Gasteiger partial charge in [0.15, 0.2) is 5.65 Å². The Morgan fingerprint density at radius 2 is 1.94 bits per heavy atom. The quantitative estimate of drug-likeness (QED) is 0.683. The Bertz CT molecular complexity index is 1120. The molecule has 0 saturated carbocycles. The van der Waals surface area contributed by atoms with Crippen molar-refractivity contribution in [3.05, 3.63) is 42.4 Å². The molecule has 3 aromatic rings. The molecule has 3 aromatic heterocycles. The van der Waals surface area contributed by atoms with E-state index in [0.717, 1.165) is 31.0 Å². The number of imidazole rings is 1. The number of pyridine rings is 1. The second-order valence-corrected chi connectivity index (χ2v) is 7.74. The zero-order valence-electron chi connectivity index (χ0n) is 16.6. The Morgan fingerprint density at radius 3 is 2.74 bits per heavy atom. The van der Waals surface area contributed by atoms with Crippen LogP contribution in [0.3, 0.4) is 0 Å². The first-order valence-electron chi connectivity index (χ1n) is 10.1. The third kappa shape index (κ3) is 3.65. The van der Waals surface area contributed by atoms with Gasteiger partial charge in [0.1, 0.15) is 11.5 Å². The van der Waals surface area contributed by atoms with E-state index in [1.807, 2.05) is 6.07 Å². The maximum absolute atomic E-state index is 13.1. The first-order chi connectivity index (χ1) is 15.0. The number of hydrogen-bond donors (Lipinski definition) is 1. The summed E-state index contributed by atoms with van der Waals surface area (Å²) in [7, 11) is 0. The normalized spacial score (nSPS) is 19.8. The number of alkyl halides is 2. The van der Waals surface area contributed by atoms with Gasteiger partial charge in [-0.2, -0.15) is 5.10 Å². The van der Waals surface area contributed by atoms with Gasteiger partial charge in [0.2, 0.25) is 0 Å². The molecule has 9 nitrogen and oxygen atoms in total. The van der Waals surface area contributed by atoms with E-state index in [4.69, 9.17) is 0 Å². The van der Waals surface area contributed by atoms with Crippen LogP contribution in [0.2, 0.25) is 0 Å². The van der Waals surface area contributed by atoms with Crippen molar-refractivity contribution in [1.82, 2.24) is 29.4 Å². The highest BCUT2D eigenvalue weighted by Crippen LogP contribution is 2.27. The highest BCUT2D eigenvalue weighted by Gasteiger charge is 2.34. The molecule has 31 heavy (non-hydrogen) atoms. The van der Waals surface area contributed by atoms with Crippen LogP contribution in [0, 0.1) is 0 Å². The van der Waals surface area contributed by atoms with E-state index < -0.39 is 12.5 Å². The van der Waals surface area contributed by atoms with E-state index in [1.165, 1.54) is 21.5 Å². The second kappa shape index (κ2) is 7.73. The van der Waals surface area contributed by atoms with E-state index in [9.17, 15) is 18.7 Å². The van der Waals surface area contributed by atoms with Crippen molar-refractivity contribution in [2.75, 3.05) is 44.2 Å². The van der Waals surface area contributed by atoms with Crippen molar-refractivity contribution in [2.45, 2.75) is 12.5 Å². The number of anilines is 1. The van der Waals surface area contributed by atoms with Gasteiger partial charge in [-0.3, -0.25) is 4.90 Å². The van der Waals surface area contributed by atoms with Gasteiger partial charge >= 0.3 is 6.09 Å². The summed E-state index contributed by atoms with van der Waals surface area (Å²) in [6.45, 7) is 4.01. The fourth-order valence-electron chi connectivity index (χ4n) is 4.29. The van der Waals surface area contributed by atoms with Gasteiger partial charge in [-0.15, -0.1) is 0 Å². The van der Waals surface area contributed by atoms with Crippen molar-refractivity contribution in [3.8, 4) is 11.3 Å². The largest absolute Gasteiger partial charge is 0.465 e. The highest BCUT2D eigenvalue weighted by molar-refractivity contribution is 5.66. The molecule has 2 fully saturated rings. The minimum atomic E-state index is -2.66. The number of nitrogens with zero attached hydrogens (tertiary/aromatic N) is 7. The third-order valence-corrected chi connectivity index (χ3v) is 5.94. The average molecular weight is 429 g/mol. The zero-order chi connectivity index (χ0) is 21.5. The monoisotopic (exact) mass is 429 g/mol. The Kier molecular flexibility index (Phi) is 4.89. The van der Waals surface area contributed by atoms with E-state index in [-0.39, 0.29) is 11.7 Å². The number of rotatable bonds is 3. The number of carbonyl (C=O) groups is 1. The lowest BCUT2D eigenvalue weighted by Crippen LogP contribution is -2.62. The Hall–Kier alpha value is -3.34. The lowest BCUT2D eigenvalue weighted by molar-refractivity contribution is 0.0624. The summed E-state index contributed by atoms with van der Waals surface area (Å²) >= 11 is 0. The lowest BCUT2D eigenvalue weighted by Gasteiger charge is -2.46. The summed E-state index contributed by atoms with van der Waals surface area (Å²) in [5, 5.41) is 13.3. The van der Waals surface area contributed by atoms with Crippen LogP contribution < -0.4 is 4.90 Å². The number of aromatic nitrogens is 4. The first-order valence-corrected chi connectivity index (χ1v) is 10.1. The van der Waals surface area contributed by atoms with Crippen LogP contribution in [0.1, 0.15) is 12.1 Å². The van der Waals surface area contributed by atoms with E-state index in [0.29, 0.717) is 31.0 Å².